The van der Waals surface area contributed by atoms with E-state index in [0.29, 0.717) is 28.1 Å². The molecule has 0 spiro atoms. The molecule has 2 nitrogen and oxygen atoms in total. The number of benzene rings is 3. The first-order valence-corrected chi connectivity index (χ1v) is 13.6. The molecule has 0 aromatic heterocycles. The van der Waals surface area contributed by atoms with Crippen LogP contribution in [0.15, 0.2) is 54.6 Å². The van der Waals surface area contributed by atoms with E-state index in [0.717, 1.165) is 35.6 Å². The minimum atomic E-state index is 0.422. The fourth-order valence-corrected chi connectivity index (χ4v) is 8.07. The maximum absolute atomic E-state index is 6.41. The van der Waals surface area contributed by atoms with Gasteiger partial charge in [-0.1, -0.05) is 59.6 Å². The van der Waals surface area contributed by atoms with E-state index in [2.05, 4.69) is 48.6 Å². The van der Waals surface area contributed by atoms with Crippen LogP contribution in [0.5, 0.6) is 5.75 Å². The monoisotopic (exact) mass is 493 g/mol. The quantitative estimate of drug-likeness (QED) is 0.356. The van der Waals surface area contributed by atoms with Crippen molar-refractivity contribution in [2.75, 3.05) is 0 Å². The van der Waals surface area contributed by atoms with Crippen molar-refractivity contribution in [3.8, 4) is 5.75 Å². The van der Waals surface area contributed by atoms with E-state index < -0.39 is 0 Å². The van der Waals surface area contributed by atoms with Crippen LogP contribution in [-0.4, -0.2) is 6.04 Å². The molecule has 4 fully saturated rings. The molecule has 0 heterocycles. The molecule has 34 heavy (non-hydrogen) atoms. The highest BCUT2D eigenvalue weighted by molar-refractivity contribution is 6.35. The summed E-state index contributed by atoms with van der Waals surface area (Å²) < 4.78 is 6.37. The van der Waals surface area contributed by atoms with Gasteiger partial charge in [0.2, 0.25) is 0 Å². The Hall–Kier alpha value is -1.74. The van der Waals surface area contributed by atoms with Crippen LogP contribution < -0.4 is 10.1 Å². The zero-order valence-corrected chi connectivity index (χ0v) is 21.3. The number of hydrogen-bond donors (Lipinski definition) is 1. The van der Waals surface area contributed by atoms with Crippen molar-refractivity contribution in [3.05, 3.63) is 75.8 Å². The van der Waals surface area contributed by atoms with Crippen molar-refractivity contribution >= 4 is 34.0 Å². The average Bonchev–Trinajstić information content (AvgIpc) is 2.81. The zero-order valence-electron chi connectivity index (χ0n) is 19.8. The Labute approximate surface area is 213 Å². The first-order chi connectivity index (χ1) is 16.5. The van der Waals surface area contributed by atoms with Crippen LogP contribution in [0.4, 0.5) is 0 Å². The molecule has 0 unspecified atom stereocenters. The predicted octanol–water partition coefficient (Wildman–Crippen LogP) is 8.42. The van der Waals surface area contributed by atoms with Crippen molar-refractivity contribution in [1.29, 1.82) is 0 Å². The molecule has 4 heteroatoms. The maximum Gasteiger partial charge on any atom is 0.124 e. The highest BCUT2D eigenvalue weighted by atomic mass is 35.5. The van der Waals surface area contributed by atoms with Gasteiger partial charge in [-0.05, 0) is 97.6 Å². The van der Waals surface area contributed by atoms with Gasteiger partial charge in [0.05, 0.1) is 0 Å². The van der Waals surface area contributed by atoms with Crippen molar-refractivity contribution in [2.45, 2.75) is 64.6 Å². The minimum Gasteiger partial charge on any atom is -0.488 e. The molecule has 3 aromatic carbocycles. The number of hydrogen-bond acceptors (Lipinski definition) is 2. The van der Waals surface area contributed by atoms with E-state index in [4.69, 9.17) is 27.9 Å². The van der Waals surface area contributed by atoms with E-state index in [1.807, 2.05) is 12.1 Å². The Bertz CT molecular complexity index is 1170. The Balaban J connectivity index is 1.24. The van der Waals surface area contributed by atoms with Crippen LogP contribution >= 0.6 is 23.2 Å². The topological polar surface area (TPSA) is 21.3 Å². The standard InChI is InChI=1S/C30H33Cl2NO/c1-19(30-14-20-10-21(15-30)12-22(11-20)16-30)33-17-27-26-5-3-2-4-23(26)7-9-29(27)34-18-24-6-8-25(31)13-28(24)32/h2-9,13,19-22,33H,10-12,14-18H2,1H3/t19-,20?,21?,22?,30?/m0/s1. The maximum atomic E-state index is 6.41. The summed E-state index contributed by atoms with van der Waals surface area (Å²) in [4.78, 5) is 0. The number of nitrogens with one attached hydrogen (secondary N) is 1. The van der Waals surface area contributed by atoms with Crippen LogP contribution in [0.25, 0.3) is 10.8 Å². The zero-order chi connectivity index (χ0) is 23.3. The van der Waals surface area contributed by atoms with Crippen molar-refractivity contribution in [1.82, 2.24) is 5.32 Å². The van der Waals surface area contributed by atoms with Crippen LogP contribution in [0.2, 0.25) is 10.0 Å². The second-order valence-electron chi connectivity index (χ2n) is 11.2. The molecule has 0 radical (unpaired) electrons. The first kappa shape index (κ1) is 22.7. The molecule has 4 aliphatic carbocycles. The van der Waals surface area contributed by atoms with Gasteiger partial charge in [-0.25, -0.2) is 0 Å². The molecule has 4 aliphatic rings. The lowest BCUT2D eigenvalue weighted by Crippen LogP contribution is -2.54. The summed E-state index contributed by atoms with van der Waals surface area (Å²) in [5.41, 5.74) is 2.66. The predicted molar refractivity (Wildman–Crippen MR) is 142 cm³/mol. The first-order valence-electron chi connectivity index (χ1n) is 12.8. The number of fused-ring (bicyclic) bond motifs is 1. The lowest BCUT2D eigenvalue weighted by atomic mass is 9.48. The van der Waals surface area contributed by atoms with Crippen molar-refractivity contribution in [2.24, 2.45) is 23.2 Å². The van der Waals surface area contributed by atoms with Crippen molar-refractivity contribution in [3.63, 3.8) is 0 Å². The molecular weight excluding hydrogens is 461 g/mol. The molecule has 1 N–H and O–H groups in total. The third kappa shape index (κ3) is 4.23. The highest BCUT2D eigenvalue weighted by Gasteiger charge is 2.52. The number of ether oxygens (including phenoxy) is 1. The summed E-state index contributed by atoms with van der Waals surface area (Å²) in [7, 11) is 0. The molecule has 4 saturated carbocycles. The lowest BCUT2D eigenvalue weighted by Gasteiger charge is -2.59. The van der Waals surface area contributed by atoms with E-state index in [9.17, 15) is 0 Å². The molecule has 178 valence electrons. The summed E-state index contributed by atoms with van der Waals surface area (Å²) >= 11 is 12.5. The second-order valence-corrected chi connectivity index (χ2v) is 12.0. The molecule has 1 atom stereocenters. The number of halogens is 2. The van der Waals surface area contributed by atoms with Gasteiger partial charge in [0, 0.05) is 33.8 Å². The van der Waals surface area contributed by atoms with E-state index in [-0.39, 0.29) is 0 Å². The van der Waals surface area contributed by atoms with Gasteiger partial charge in [-0.15, -0.1) is 0 Å². The van der Waals surface area contributed by atoms with Gasteiger partial charge in [0.25, 0.3) is 0 Å². The normalized spacial score (nSPS) is 28.4. The highest BCUT2D eigenvalue weighted by Crippen LogP contribution is 2.61. The minimum absolute atomic E-state index is 0.422. The van der Waals surface area contributed by atoms with Gasteiger partial charge < -0.3 is 10.1 Å². The molecule has 7 rings (SSSR count). The smallest absolute Gasteiger partial charge is 0.124 e. The Morgan fingerprint density at radius 1 is 0.941 bits per heavy atom. The number of rotatable bonds is 7. The lowest BCUT2D eigenvalue weighted by molar-refractivity contribution is -0.0706. The molecule has 0 aliphatic heterocycles. The van der Waals surface area contributed by atoms with Gasteiger partial charge in [-0.2, -0.15) is 0 Å². The average molecular weight is 495 g/mol. The summed E-state index contributed by atoms with van der Waals surface area (Å²) in [5, 5.41) is 7.77. The summed E-state index contributed by atoms with van der Waals surface area (Å²) in [6.07, 6.45) is 8.71. The van der Waals surface area contributed by atoms with Crippen molar-refractivity contribution < 1.29 is 4.74 Å². The summed E-state index contributed by atoms with van der Waals surface area (Å²) in [6, 6.07) is 19.0. The third-order valence-electron chi connectivity index (χ3n) is 8.99. The van der Waals surface area contributed by atoms with Gasteiger partial charge in [-0.3, -0.25) is 0 Å². The Morgan fingerprint density at radius 3 is 2.35 bits per heavy atom. The Morgan fingerprint density at radius 2 is 1.65 bits per heavy atom. The van der Waals surface area contributed by atoms with Crippen LogP contribution in [0.3, 0.4) is 0 Å². The van der Waals surface area contributed by atoms with Crippen LogP contribution in [-0.2, 0) is 13.2 Å². The summed E-state index contributed by atoms with van der Waals surface area (Å²) in [6.45, 7) is 3.67. The molecule has 0 amide bonds. The summed E-state index contributed by atoms with van der Waals surface area (Å²) in [5.74, 6) is 3.83. The van der Waals surface area contributed by atoms with E-state index in [1.165, 1.54) is 54.9 Å². The van der Waals surface area contributed by atoms with Crippen LogP contribution in [0, 0.1) is 23.2 Å². The van der Waals surface area contributed by atoms with E-state index >= 15 is 0 Å². The molecule has 0 saturated heterocycles. The van der Waals surface area contributed by atoms with E-state index in [1.54, 1.807) is 6.07 Å². The SMILES string of the molecule is C[C@H](NCc1c(OCc2ccc(Cl)cc2Cl)ccc2ccccc12)C12CC3CC(CC(C3)C1)C2. The molecular formula is C30H33Cl2NO. The fraction of sp³-hybridized carbons (Fsp3) is 0.467. The largest absolute Gasteiger partial charge is 0.488 e. The van der Waals surface area contributed by atoms with Gasteiger partial charge >= 0.3 is 0 Å². The van der Waals surface area contributed by atoms with Gasteiger partial charge in [0.1, 0.15) is 12.4 Å². The molecule has 4 bridgehead atoms. The fourth-order valence-electron chi connectivity index (χ4n) is 7.61. The molecule has 3 aromatic rings. The van der Waals surface area contributed by atoms with Gasteiger partial charge in [0.15, 0.2) is 0 Å². The third-order valence-corrected chi connectivity index (χ3v) is 9.57. The Kier molecular flexibility index (Phi) is 6.04. The second kappa shape index (κ2) is 9.04. The van der Waals surface area contributed by atoms with Crippen LogP contribution in [0.1, 0.15) is 56.6 Å².